The number of unbranched alkanes of at least 4 members (excludes halogenated alkanes) is 6. The highest BCUT2D eigenvalue weighted by atomic mass is 16.2. The number of imide groups is 2. The molecular formula is C22H31N3O4. The molecule has 1 aromatic carbocycles. The minimum Gasteiger partial charge on any atom is -0.372 e. The Kier molecular flexibility index (Phi) is 8.83. The molecule has 1 saturated heterocycles. The molecule has 1 aromatic rings. The van der Waals surface area contributed by atoms with Gasteiger partial charge in [-0.15, -0.1) is 0 Å². The zero-order valence-corrected chi connectivity index (χ0v) is 17.4. The molecule has 0 unspecified atom stereocenters. The number of hydrogen-bond acceptors (Lipinski definition) is 5. The number of amides is 4. The fourth-order valence-corrected chi connectivity index (χ4v) is 3.38. The van der Waals surface area contributed by atoms with Crippen LogP contribution in [-0.4, -0.2) is 36.7 Å². The van der Waals surface area contributed by atoms with Crippen molar-refractivity contribution in [3.05, 3.63) is 24.3 Å². The van der Waals surface area contributed by atoms with Gasteiger partial charge >= 0.3 is 23.6 Å². The van der Waals surface area contributed by atoms with E-state index in [-0.39, 0.29) is 5.69 Å². The summed E-state index contributed by atoms with van der Waals surface area (Å²) < 4.78 is 0. The van der Waals surface area contributed by atoms with Gasteiger partial charge in [-0.3, -0.25) is 19.7 Å². The smallest absolute Gasteiger partial charge is 0.336 e. The van der Waals surface area contributed by atoms with Gasteiger partial charge in [0.05, 0.1) is 5.69 Å². The van der Waals surface area contributed by atoms with E-state index in [2.05, 4.69) is 18.7 Å². The maximum absolute atomic E-state index is 12.1. The van der Waals surface area contributed by atoms with Crippen LogP contribution in [0.5, 0.6) is 0 Å². The lowest BCUT2D eigenvalue weighted by atomic mass is 10.1. The number of hydrogen-bond donors (Lipinski definition) is 1. The Hall–Kier alpha value is -2.70. The van der Waals surface area contributed by atoms with Gasteiger partial charge < -0.3 is 4.90 Å². The van der Waals surface area contributed by atoms with E-state index in [9.17, 15) is 19.2 Å². The van der Waals surface area contributed by atoms with Gasteiger partial charge in [0.2, 0.25) is 0 Å². The number of carbonyl (C=O) groups is 4. The maximum Gasteiger partial charge on any atom is 0.336 e. The largest absolute Gasteiger partial charge is 0.372 e. The highest BCUT2D eigenvalue weighted by molar-refractivity contribution is 6.70. The first-order valence-corrected chi connectivity index (χ1v) is 10.6. The maximum atomic E-state index is 12.1. The number of anilines is 2. The summed E-state index contributed by atoms with van der Waals surface area (Å²) in [6.07, 6.45) is 9.46. The monoisotopic (exact) mass is 401 g/mol. The number of nitrogens with one attached hydrogen (secondary N) is 1. The first kappa shape index (κ1) is 22.6. The predicted molar refractivity (Wildman–Crippen MR) is 113 cm³/mol. The third-order valence-electron chi connectivity index (χ3n) is 5.06. The fourth-order valence-electron chi connectivity index (χ4n) is 3.38. The Balaban J connectivity index is 2.09. The molecule has 158 valence electrons. The molecule has 0 bridgehead atoms. The van der Waals surface area contributed by atoms with E-state index in [4.69, 9.17) is 0 Å². The second kappa shape index (κ2) is 11.3. The van der Waals surface area contributed by atoms with Gasteiger partial charge in [-0.1, -0.05) is 52.4 Å². The van der Waals surface area contributed by atoms with Crippen molar-refractivity contribution in [3.63, 3.8) is 0 Å². The molecule has 1 fully saturated rings. The van der Waals surface area contributed by atoms with Gasteiger partial charge in [0.15, 0.2) is 0 Å². The van der Waals surface area contributed by atoms with Gasteiger partial charge in [-0.2, -0.15) is 0 Å². The van der Waals surface area contributed by atoms with E-state index >= 15 is 0 Å². The van der Waals surface area contributed by atoms with Gasteiger partial charge in [-0.05, 0) is 37.1 Å². The average molecular weight is 402 g/mol. The van der Waals surface area contributed by atoms with Crippen molar-refractivity contribution >= 4 is 35.0 Å². The second-order valence-electron chi connectivity index (χ2n) is 7.35. The van der Waals surface area contributed by atoms with E-state index in [1.807, 2.05) is 17.4 Å². The van der Waals surface area contributed by atoms with Crippen LogP contribution in [0.15, 0.2) is 24.3 Å². The summed E-state index contributed by atoms with van der Waals surface area (Å²) in [5.74, 6) is -3.54. The number of barbiturate groups is 1. The lowest BCUT2D eigenvalue weighted by molar-refractivity contribution is -0.145. The van der Waals surface area contributed by atoms with Crippen LogP contribution in [0.25, 0.3) is 0 Å². The second-order valence-corrected chi connectivity index (χ2v) is 7.35. The molecule has 0 atom stereocenters. The number of ketones is 1. The zero-order valence-electron chi connectivity index (χ0n) is 17.4. The molecule has 1 aliphatic rings. The SMILES string of the molecule is CCCCCCN(CCCCCC)c1ccc(N2C(=O)NC(=O)C(=O)C2=O)cc1. The summed E-state index contributed by atoms with van der Waals surface area (Å²) in [5.41, 5.74) is 1.29. The minimum atomic E-state index is -1.23. The standard InChI is InChI=1S/C22H31N3O4/c1-3-5-7-9-15-24(16-10-8-6-4-2)17-11-13-18(14-12-17)25-21(28)19(26)20(27)23-22(25)29/h11-14H,3-10,15-16H2,1-2H3,(H,23,27,29). The van der Waals surface area contributed by atoms with Crippen molar-refractivity contribution in [1.29, 1.82) is 0 Å². The normalized spacial score (nSPS) is 14.3. The summed E-state index contributed by atoms with van der Waals surface area (Å²) in [4.78, 5) is 50.0. The lowest BCUT2D eigenvalue weighted by Crippen LogP contribution is -2.58. The summed E-state index contributed by atoms with van der Waals surface area (Å²) in [6.45, 7) is 6.30. The summed E-state index contributed by atoms with van der Waals surface area (Å²) in [5, 5.41) is 1.89. The molecule has 4 amide bonds. The van der Waals surface area contributed by atoms with E-state index in [0.717, 1.165) is 31.6 Å². The molecule has 7 heteroatoms. The number of rotatable bonds is 12. The van der Waals surface area contributed by atoms with E-state index in [0.29, 0.717) is 4.90 Å². The van der Waals surface area contributed by atoms with E-state index in [1.165, 1.54) is 38.5 Å². The molecule has 2 rings (SSSR count). The molecule has 7 nitrogen and oxygen atoms in total. The van der Waals surface area contributed by atoms with Crippen LogP contribution < -0.4 is 15.1 Å². The third kappa shape index (κ3) is 6.14. The molecule has 1 N–H and O–H groups in total. The number of urea groups is 1. The Morgan fingerprint density at radius 2 is 1.34 bits per heavy atom. The number of carbonyl (C=O) groups excluding carboxylic acids is 4. The van der Waals surface area contributed by atoms with Crippen molar-refractivity contribution in [2.24, 2.45) is 0 Å². The predicted octanol–water partition coefficient (Wildman–Crippen LogP) is 3.81. The first-order valence-electron chi connectivity index (χ1n) is 10.6. The molecule has 0 aromatic heterocycles. The highest BCUT2D eigenvalue weighted by Gasteiger charge is 2.39. The molecule has 1 aliphatic heterocycles. The van der Waals surface area contributed by atoms with Crippen LogP contribution in [0, 0.1) is 0 Å². The number of Topliss-reactive ketones (excluding diaryl/α,β-unsaturated/α-hetero) is 1. The molecular weight excluding hydrogens is 370 g/mol. The van der Waals surface area contributed by atoms with Crippen molar-refractivity contribution in [3.8, 4) is 0 Å². The average Bonchev–Trinajstić information content (AvgIpc) is 2.71. The van der Waals surface area contributed by atoms with Gasteiger partial charge in [0.25, 0.3) is 0 Å². The lowest BCUT2D eigenvalue weighted by Gasteiger charge is -2.27. The van der Waals surface area contributed by atoms with Gasteiger partial charge in [-0.25, -0.2) is 9.69 Å². The number of benzene rings is 1. The Morgan fingerprint density at radius 1 is 0.793 bits per heavy atom. The van der Waals surface area contributed by atoms with Crippen LogP contribution in [0.1, 0.15) is 65.2 Å². The molecule has 0 saturated carbocycles. The summed E-state index contributed by atoms with van der Waals surface area (Å²) >= 11 is 0. The third-order valence-corrected chi connectivity index (χ3v) is 5.06. The minimum absolute atomic E-state index is 0.272. The molecule has 0 radical (unpaired) electrons. The van der Waals surface area contributed by atoms with Crippen LogP contribution in [0.4, 0.5) is 16.2 Å². The molecule has 0 spiro atoms. The summed E-state index contributed by atoms with van der Waals surface area (Å²) in [6, 6.07) is 6.10. The quantitative estimate of drug-likeness (QED) is 0.425. The van der Waals surface area contributed by atoms with Gasteiger partial charge in [0.1, 0.15) is 0 Å². The van der Waals surface area contributed by atoms with E-state index < -0.39 is 23.6 Å². The van der Waals surface area contributed by atoms with Crippen LogP contribution in [0.3, 0.4) is 0 Å². The molecule has 29 heavy (non-hydrogen) atoms. The molecule has 1 heterocycles. The Morgan fingerprint density at radius 3 is 1.86 bits per heavy atom. The van der Waals surface area contributed by atoms with Crippen molar-refractivity contribution in [2.45, 2.75) is 65.2 Å². The number of nitrogens with zero attached hydrogens (tertiary/aromatic N) is 2. The Labute approximate surface area is 172 Å². The van der Waals surface area contributed by atoms with Crippen LogP contribution in [0.2, 0.25) is 0 Å². The topological polar surface area (TPSA) is 86.8 Å². The first-order chi connectivity index (χ1) is 14.0. The summed E-state index contributed by atoms with van der Waals surface area (Å²) in [7, 11) is 0. The van der Waals surface area contributed by atoms with Crippen molar-refractivity contribution in [1.82, 2.24) is 5.32 Å². The zero-order chi connectivity index (χ0) is 21.2. The molecule has 0 aliphatic carbocycles. The van der Waals surface area contributed by atoms with Crippen molar-refractivity contribution in [2.75, 3.05) is 22.9 Å². The van der Waals surface area contributed by atoms with Crippen LogP contribution in [-0.2, 0) is 14.4 Å². The fraction of sp³-hybridized carbons (Fsp3) is 0.545. The van der Waals surface area contributed by atoms with E-state index in [1.54, 1.807) is 12.1 Å². The van der Waals surface area contributed by atoms with Crippen LogP contribution >= 0.6 is 0 Å². The van der Waals surface area contributed by atoms with Gasteiger partial charge in [0, 0.05) is 18.8 Å². The highest BCUT2D eigenvalue weighted by Crippen LogP contribution is 2.23. The van der Waals surface area contributed by atoms with Crippen molar-refractivity contribution < 1.29 is 19.2 Å². The Bertz CT molecular complexity index is 718.